The Morgan fingerprint density at radius 1 is 1.04 bits per heavy atom. The molecule has 1 aliphatic carbocycles. The van der Waals surface area contributed by atoms with E-state index < -0.39 is 6.09 Å². The number of benzene rings is 1. The lowest BCUT2D eigenvalue weighted by molar-refractivity contribution is 0.143. The lowest BCUT2D eigenvalue weighted by Crippen LogP contribution is -2.36. The van der Waals surface area contributed by atoms with Gasteiger partial charge in [-0.15, -0.1) is 0 Å². The number of carbonyl (C=O) groups excluding carboxylic acids is 1. The highest BCUT2D eigenvalue weighted by Crippen LogP contribution is 2.17. The van der Waals surface area contributed by atoms with Crippen LogP contribution in [0.4, 0.5) is 4.79 Å². The fourth-order valence-electron chi connectivity index (χ4n) is 2.87. The summed E-state index contributed by atoms with van der Waals surface area (Å²) in [4.78, 5) is 21.4. The first-order valence-electron chi connectivity index (χ1n) is 8.35. The highest BCUT2D eigenvalue weighted by Gasteiger charge is 2.17. The summed E-state index contributed by atoms with van der Waals surface area (Å²) in [5.41, 5.74) is 2.05. The molecule has 0 bridgehead atoms. The van der Waals surface area contributed by atoms with E-state index in [1.54, 1.807) is 6.20 Å². The third-order valence-corrected chi connectivity index (χ3v) is 4.10. The van der Waals surface area contributed by atoms with E-state index in [1.165, 1.54) is 6.42 Å². The Morgan fingerprint density at radius 2 is 1.79 bits per heavy atom. The average Bonchev–Trinajstić information content (AvgIpc) is 2.64. The van der Waals surface area contributed by atoms with Gasteiger partial charge in [0, 0.05) is 17.8 Å². The van der Waals surface area contributed by atoms with Gasteiger partial charge in [-0.3, -0.25) is 9.82 Å². The van der Waals surface area contributed by atoms with Gasteiger partial charge >= 0.3 is 6.09 Å². The number of amides is 1. The Labute approximate surface area is 141 Å². The largest absolute Gasteiger partial charge is 0.433 e. The van der Waals surface area contributed by atoms with E-state index in [1.807, 2.05) is 48.5 Å². The van der Waals surface area contributed by atoms with Crippen LogP contribution >= 0.6 is 0 Å². The SMILES string of the molecule is O=C(NC1CCCCC1)ON=C(c1ccccc1)c1ccccn1. The number of nitrogens with one attached hydrogen (secondary N) is 1. The molecule has 0 saturated heterocycles. The molecule has 1 aromatic heterocycles. The minimum absolute atomic E-state index is 0.191. The zero-order valence-electron chi connectivity index (χ0n) is 13.5. The smallest absolute Gasteiger partial charge is 0.317 e. The van der Waals surface area contributed by atoms with Gasteiger partial charge < -0.3 is 5.32 Å². The molecule has 0 spiro atoms. The van der Waals surface area contributed by atoms with Gasteiger partial charge in [0.05, 0.1) is 5.69 Å². The number of aromatic nitrogens is 1. The Bertz CT molecular complexity index is 639. The molecule has 1 amide bonds. The molecule has 3 rings (SSSR count). The number of carbonyl (C=O) groups is 1. The predicted octanol–water partition coefficient (Wildman–Crippen LogP) is 3.89. The summed E-state index contributed by atoms with van der Waals surface area (Å²) in [6.45, 7) is 0. The fraction of sp³-hybridized carbons (Fsp3) is 0.316. The van der Waals surface area contributed by atoms with Crippen molar-refractivity contribution >= 4 is 11.8 Å². The van der Waals surface area contributed by atoms with Gasteiger partial charge in [0.1, 0.15) is 5.71 Å². The van der Waals surface area contributed by atoms with Crippen molar-refractivity contribution in [1.29, 1.82) is 0 Å². The van der Waals surface area contributed by atoms with Crippen LogP contribution in [-0.4, -0.2) is 22.8 Å². The molecule has 0 aliphatic heterocycles. The number of hydrogen-bond donors (Lipinski definition) is 1. The zero-order chi connectivity index (χ0) is 16.6. The van der Waals surface area contributed by atoms with Gasteiger partial charge in [-0.05, 0) is 25.0 Å². The van der Waals surface area contributed by atoms with Crippen molar-refractivity contribution in [3.8, 4) is 0 Å². The standard InChI is InChI=1S/C19H21N3O2/c23-19(21-16-11-5-2-6-12-16)24-22-18(15-9-3-1-4-10-15)17-13-7-8-14-20-17/h1,3-4,7-10,13-14,16H,2,5-6,11-12H2,(H,21,23). The molecule has 1 aromatic carbocycles. The molecule has 0 radical (unpaired) electrons. The van der Waals surface area contributed by atoms with Crippen molar-refractivity contribution in [1.82, 2.24) is 10.3 Å². The van der Waals surface area contributed by atoms with E-state index >= 15 is 0 Å². The molecular formula is C19H21N3O2. The summed E-state index contributed by atoms with van der Waals surface area (Å²) in [6, 6.07) is 15.3. The van der Waals surface area contributed by atoms with Crippen molar-refractivity contribution in [3.05, 3.63) is 66.0 Å². The van der Waals surface area contributed by atoms with Gasteiger partial charge in [-0.2, -0.15) is 0 Å². The highest BCUT2D eigenvalue weighted by atomic mass is 16.7. The number of hydrogen-bond acceptors (Lipinski definition) is 4. The van der Waals surface area contributed by atoms with Gasteiger partial charge in [-0.1, -0.05) is 60.8 Å². The molecule has 5 heteroatoms. The van der Waals surface area contributed by atoms with Gasteiger partial charge in [0.25, 0.3) is 0 Å². The summed E-state index contributed by atoms with van der Waals surface area (Å²) < 4.78 is 0. The van der Waals surface area contributed by atoms with E-state index in [0.717, 1.165) is 31.2 Å². The molecular weight excluding hydrogens is 302 g/mol. The van der Waals surface area contributed by atoms with Crippen LogP contribution in [0.1, 0.15) is 43.4 Å². The zero-order valence-corrected chi connectivity index (χ0v) is 13.5. The second-order valence-electron chi connectivity index (χ2n) is 5.88. The van der Waals surface area contributed by atoms with Crippen LogP contribution in [0.25, 0.3) is 0 Å². The summed E-state index contributed by atoms with van der Waals surface area (Å²) >= 11 is 0. The van der Waals surface area contributed by atoms with Crippen LogP contribution in [0, 0.1) is 0 Å². The second kappa shape index (κ2) is 8.24. The van der Waals surface area contributed by atoms with Crippen LogP contribution < -0.4 is 5.32 Å². The van der Waals surface area contributed by atoms with Gasteiger partial charge in [0.15, 0.2) is 0 Å². The lowest BCUT2D eigenvalue weighted by Gasteiger charge is -2.21. The highest BCUT2D eigenvalue weighted by molar-refractivity contribution is 6.11. The van der Waals surface area contributed by atoms with Crippen molar-refractivity contribution in [2.24, 2.45) is 5.16 Å². The van der Waals surface area contributed by atoms with Crippen LogP contribution in [0.2, 0.25) is 0 Å². The third kappa shape index (κ3) is 4.41. The van der Waals surface area contributed by atoms with Crippen LogP contribution in [0.3, 0.4) is 0 Å². The van der Waals surface area contributed by atoms with Crippen LogP contribution in [0.15, 0.2) is 59.9 Å². The van der Waals surface area contributed by atoms with Gasteiger partial charge in [-0.25, -0.2) is 4.79 Å². The Morgan fingerprint density at radius 3 is 2.50 bits per heavy atom. The van der Waals surface area contributed by atoms with Crippen molar-refractivity contribution in [2.75, 3.05) is 0 Å². The fourth-order valence-corrected chi connectivity index (χ4v) is 2.87. The molecule has 1 fully saturated rings. The number of pyridine rings is 1. The molecule has 1 heterocycles. The van der Waals surface area contributed by atoms with Crippen LogP contribution in [0.5, 0.6) is 0 Å². The van der Waals surface area contributed by atoms with E-state index in [2.05, 4.69) is 15.5 Å². The second-order valence-corrected chi connectivity index (χ2v) is 5.88. The van der Waals surface area contributed by atoms with Gasteiger partial charge in [0.2, 0.25) is 0 Å². The topological polar surface area (TPSA) is 63.6 Å². The van der Waals surface area contributed by atoms with Crippen LogP contribution in [-0.2, 0) is 4.84 Å². The van der Waals surface area contributed by atoms with Crippen molar-refractivity contribution < 1.29 is 9.63 Å². The molecule has 124 valence electrons. The molecule has 5 nitrogen and oxygen atoms in total. The van der Waals surface area contributed by atoms with E-state index in [0.29, 0.717) is 11.4 Å². The quantitative estimate of drug-likeness (QED) is 0.527. The first-order valence-corrected chi connectivity index (χ1v) is 8.35. The molecule has 1 aliphatic rings. The number of rotatable bonds is 4. The Hall–Kier alpha value is -2.69. The summed E-state index contributed by atoms with van der Waals surface area (Å²) in [6.07, 6.45) is 6.73. The minimum Gasteiger partial charge on any atom is -0.317 e. The number of nitrogens with zero attached hydrogens (tertiary/aromatic N) is 2. The molecule has 24 heavy (non-hydrogen) atoms. The maximum absolute atomic E-state index is 12.0. The average molecular weight is 323 g/mol. The van der Waals surface area contributed by atoms with Crippen molar-refractivity contribution in [2.45, 2.75) is 38.1 Å². The molecule has 0 unspecified atom stereocenters. The Balaban J connectivity index is 1.73. The summed E-state index contributed by atoms with van der Waals surface area (Å²) in [5.74, 6) is 0. The molecule has 2 aromatic rings. The minimum atomic E-state index is -0.508. The first kappa shape index (κ1) is 16.2. The lowest BCUT2D eigenvalue weighted by atomic mass is 9.96. The van der Waals surface area contributed by atoms with E-state index in [9.17, 15) is 4.79 Å². The molecule has 0 atom stereocenters. The van der Waals surface area contributed by atoms with E-state index in [-0.39, 0.29) is 6.04 Å². The maximum Gasteiger partial charge on any atom is 0.433 e. The monoisotopic (exact) mass is 323 g/mol. The predicted molar refractivity (Wildman–Crippen MR) is 92.8 cm³/mol. The summed E-state index contributed by atoms with van der Waals surface area (Å²) in [7, 11) is 0. The van der Waals surface area contributed by atoms with E-state index in [4.69, 9.17) is 4.84 Å². The molecule has 1 N–H and O–H groups in total. The number of oxime groups is 1. The molecule has 1 saturated carbocycles. The van der Waals surface area contributed by atoms with Crippen molar-refractivity contribution in [3.63, 3.8) is 0 Å². The maximum atomic E-state index is 12.0. The summed E-state index contributed by atoms with van der Waals surface area (Å²) in [5, 5.41) is 6.96. The normalized spacial score (nSPS) is 15.8. The first-order chi connectivity index (χ1) is 11.8. The third-order valence-electron chi connectivity index (χ3n) is 4.10. The Kier molecular flexibility index (Phi) is 5.56.